The van der Waals surface area contributed by atoms with Crippen LogP contribution in [0.1, 0.15) is 53.4 Å². The van der Waals surface area contributed by atoms with Crippen LogP contribution in [0.4, 0.5) is 4.79 Å². The van der Waals surface area contributed by atoms with Crippen LogP contribution in [-0.4, -0.2) is 54.5 Å². The summed E-state index contributed by atoms with van der Waals surface area (Å²) in [4.78, 5) is 38.1. The van der Waals surface area contributed by atoms with E-state index in [4.69, 9.17) is 0 Å². The largest absolute Gasteiger partial charge is 0.353 e. The monoisotopic (exact) mass is 352 g/mol. The van der Waals surface area contributed by atoms with Crippen LogP contribution in [0.15, 0.2) is 0 Å². The van der Waals surface area contributed by atoms with Crippen molar-refractivity contribution in [3.63, 3.8) is 0 Å². The summed E-state index contributed by atoms with van der Waals surface area (Å²) in [5.41, 5.74) is -0.595. The fourth-order valence-electron chi connectivity index (χ4n) is 3.80. The minimum absolute atomic E-state index is 0.207. The number of hydrogen-bond acceptors (Lipinski definition) is 4. The highest BCUT2D eigenvalue weighted by Crippen LogP contribution is 2.43. The molecule has 0 aromatic rings. The highest BCUT2D eigenvalue weighted by Gasteiger charge is 2.53. The van der Waals surface area contributed by atoms with Crippen molar-refractivity contribution in [2.24, 2.45) is 11.3 Å². The lowest BCUT2D eigenvalue weighted by Gasteiger charge is -2.40. The third-order valence-electron chi connectivity index (χ3n) is 5.49. The predicted octanol–water partition coefficient (Wildman–Crippen LogP) is 1.24. The molecule has 2 aliphatic rings. The molecule has 0 aromatic carbocycles. The molecule has 7 nitrogen and oxygen atoms in total. The summed E-state index contributed by atoms with van der Waals surface area (Å²) in [5, 5.41) is 8.70. The minimum Gasteiger partial charge on any atom is -0.353 e. The van der Waals surface area contributed by atoms with E-state index in [2.05, 4.69) is 36.7 Å². The molecule has 2 rings (SSSR count). The van der Waals surface area contributed by atoms with Gasteiger partial charge in [-0.05, 0) is 43.6 Å². The van der Waals surface area contributed by atoms with E-state index in [0.717, 1.165) is 24.3 Å². The lowest BCUT2D eigenvalue weighted by Crippen LogP contribution is -2.51. The molecule has 0 radical (unpaired) electrons. The Kier molecular flexibility index (Phi) is 6.08. The molecular formula is C18H32N4O3. The zero-order chi connectivity index (χ0) is 18.7. The summed E-state index contributed by atoms with van der Waals surface area (Å²) in [7, 11) is 0. The van der Waals surface area contributed by atoms with Crippen molar-refractivity contribution in [1.82, 2.24) is 20.9 Å². The molecular weight excluding hydrogens is 320 g/mol. The first-order valence-electron chi connectivity index (χ1n) is 9.31. The van der Waals surface area contributed by atoms with Crippen molar-refractivity contribution < 1.29 is 14.4 Å². The Bertz CT molecular complexity index is 519. The molecule has 0 atom stereocenters. The van der Waals surface area contributed by atoms with Gasteiger partial charge in [-0.3, -0.25) is 14.5 Å². The molecule has 2 fully saturated rings. The molecule has 3 N–H and O–H groups in total. The van der Waals surface area contributed by atoms with Crippen molar-refractivity contribution in [3.8, 4) is 0 Å². The van der Waals surface area contributed by atoms with Crippen molar-refractivity contribution in [1.29, 1.82) is 0 Å². The number of likely N-dealkylation sites (N-methyl/N-ethyl adjacent to an activating group) is 1. The molecule has 0 unspecified atom stereocenters. The van der Waals surface area contributed by atoms with Crippen LogP contribution in [0.5, 0.6) is 0 Å². The number of carbonyl (C=O) groups excluding carboxylic acids is 3. The van der Waals surface area contributed by atoms with Crippen molar-refractivity contribution in [3.05, 3.63) is 0 Å². The van der Waals surface area contributed by atoms with Gasteiger partial charge in [0.05, 0.1) is 0 Å². The van der Waals surface area contributed by atoms with Crippen LogP contribution in [0, 0.1) is 11.3 Å². The van der Waals surface area contributed by atoms with E-state index >= 15 is 0 Å². The molecule has 0 aromatic heterocycles. The number of imide groups is 1. The first-order chi connectivity index (χ1) is 11.7. The molecule has 1 saturated carbocycles. The molecule has 7 heteroatoms. The minimum atomic E-state index is -0.803. The standard InChI is InChI=1S/C18H32N4O3/c1-5-19-10-11-20-14(23)12-22-15(24)18(21-16(22)25)8-6-13(7-9-18)17(2,3)4/h13,19H,5-12H2,1-4H3,(H,20,23)(H,21,25). The Labute approximate surface area is 150 Å². The molecule has 0 bridgehead atoms. The zero-order valence-corrected chi connectivity index (χ0v) is 15.9. The summed E-state index contributed by atoms with van der Waals surface area (Å²) in [6.45, 7) is 10.4. The Morgan fingerprint density at radius 2 is 1.88 bits per heavy atom. The average Bonchev–Trinajstić information content (AvgIpc) is 2.75. The topological polar surface area (TPSA) is 90.5 Å². The summed E-state index contributed by atoms with van der Waals surface area (Å²) >= 11 is 0. The van der Waals surface area contributed by atoms with E-state index in [1.54, 1.807) is 0 Å². The number of urea groups is 1. The summed E-state index contributed by atoms with van der Waals surface area (Å²) in [5.74, 6) is -0.000218. The van der Waals surface area contributed by atoms with E-state index in [1.807, 2.05) is 6.92 Å². The Hall–Kier alpha value is -1.63. The van der Waals surface area contributed by atoms with Gasteiger partial charge in [-0.1, -0.05) is 27.7 Å². The summed E-state index contributed by atoms with van der Waals surface area (Å²) in [6.07, 6.45) is 3.13. The van der Waals surface area contributed by atoms with Crippen LogP contribution < -0.4 is 16.0 Å². The van der Waals surface area contributed by atoms with Gasteiger partial charge in [-0.25, -0.2) is 4.79 Å². The smallest absolute Gasteiger partial charge is 0.325 e. The highest BCUT2D eigenvalue weighted by molar-refractivity contribution is 6.09. The van der Waals surface area contributed by atoms with Crippen LogP contribution in [0.3, 0.4) is 0 Å². The van der Waals surface area contributed by atoms with E-state index in [0.29, 0.717) is 31.8 Å². The maximum atomic E-state index is 12.8. The molecule has 1 heterocycles. The normalized spacial score (nSPS) is 26.9. The number of amides is 4. The lowest BCUT2D eigenvalue weighted by atomic mass is 9.67. The number of rotatable bonds is 6. The van der Waals surface area contributed by atoms with Gasteiger partial charge in [-0.2, -0.15) is 0 Å². The maximum absolute atomic E-state index is 12.8. The summed E-state index contributed by atoms with van der Waals surface area (Å²) < 4.78 is 0. The fraction of sp³-hybridized carbons (Fsp3) is 0.833. The lowest BCUT2D eigenvalue weighted by molar-refractivity contribution is -0.136. The fourth-order valence-corrected chi connectivity index (χ4v) is 3.80. The first-order valence-corrected chi connectivity index (χ1v) is 9.31. The first kappa shape index (κ1) is 19.7. The van der Waals surface area contributed by atoms with Crippen LogP contribution in [0.25, 0.3) is 0 Å². The Morgan fingerprint density at radius 3 is 2.44 bits per heavy atom. The van der Waals surface area contributed by atoms with Gasteiger partial charge >= 0.3 is 6.03 Å². The Balaban J connectivity index is 1.91. The van der Waals surface area contributed by atoms with Gasteiger partial charge in [0.1, 0.15) is 12.1 Å². The Morgan fingerprint density at radius 1 is 1.24 bits per heavy atom. The molecule has 25 heavy (non-hydrogen) atoms. The second-order valence-corrected chi connectivity index (χ2v) is 8.25. The predicted molar refractivity (Wildman–Crippen MR) is 95.9 cm³/mol. The molecule has 1 aliphatic heterocycles. The average molecular weight is 352 g/mol. The molecule has 1 aliphatic carbocycles. The molecule has 4 amide bonds. The van der Waals surface area contributed by atoms with E-state index in [-0.39, 0.29) is 23.8 Å². The maximum Gasteiger partial charge on any atom is 0.325 e. The molecule has 1 spiro atoms. The van der Waals surface area contributed by atoms with Gasteiger partial charge in [0.15, 0.2) is 0 Å². The molecule has 142 valence electrons. The molecule has 1 saturated heterocycles. The number of carbonyl (C=O) groups is 3. The second kappa shape index (κ2) is 7.72. The van der Waals surface area contributed by atoms with E-state index < -0.39 is 11.6 Å². The van der Waals surface area contributed by atoms with E-state index in [1.165, 1.54) is 0 Å². The van der Waals surface area contributed by atoms with Crippen molar-refractivity contribution in [2.75, 3.05) is 26.2 Å². The van der Waals surface area contributed by atoms with Crippen molar-refractivity contribution >= 4 is 17.8 Å². The van der Waals surface area contributed by atoms with Gasteiger partial charge in [0, 0.05) is 13.1 Å². The van der Waals surface area contributed by atoms with Gasteiger partial charge in [0.25, 0.3) is 5.91 Å². The number of nitrogens with one attached hydrogen (secondary N) is 3. The highest BCUT2D eigenvalue weighted by atomic mass is 16.2. The third-order valence-corrected chi connectivity index (χ3v) is 5.49. The van der Waals surface area contributed by atoms with Crippen LogP contribution >= 0.6 is 0 Å². The van der Waals surface area contributed by atoms with Gasteiger partial charge < -0.3 is 16.0 Å². The second-order valence-electron chi connectivity index (χ2n) is 8.25. The zero-order valence-electron chi connectivity index (χ0n) is 15.9. The third kappa shape index (κ3) is 4.51. The summed E-state index contributed by atoms with van der Waals surface area (Å²) in [6, 6.07) is -0.443. The van der Waals surface area contributed by atoms with Crippen LogP contribution in [-0.2, 0) is 9.59 Å². The van der Waals surface area contributed by atoms with Gasteiger partial charge in [0.2, 0.25) is 5.91 Å². The van der Waals surface area contributed by atoms with E-state index in [9.17, 15) is 14.4 Å². The van der Waals surface area contributed by atoms with Crippen molar-refractivity contribution in [2.45, 2.75) is 58.9 Å². The van der Waals surface area contributed by atoms with Crippen LogP contribution in [0.2, 0.25) is 0 Å². The number of nitrogens with zero attached hydrogens (tertiary/aromatic N) is 1. The number of hydrogen-bond donors (Lipinski definition) is 3. The quantitative estimate of drug-likeness (QED) is 0.495. The SMILES string of the molecule is CCNCCNC(=O)CN1C(=O)NC2(CCC(C(C)(C)C)CC2)C1=O. The van der Waals surface area contributed by atoms with Gasteiger partial charge in [-0.15, -0.1) is 0 Å².